The van der Waals surface area contributed by atoms with E-state index < -0.39 is 12.1 Å². The molecule has 0 radical (unpaired) electrons. The lowest BCUT2D eigenvalue weighted by molar-refractivity contribution is -0.146. The standard InChI is InChI=1S/C35H51NO12/c1-39-34(37)28-47-26-25-46-24-23-45-22-21-44-20-19-43-18-17-42-16-15-41-14-13-40-12-6-11-36-35(38)48-27-33-31-9-4-2-7-29(31)30-8-3-5-10-32(30)33/h2-5,7-10,33H,6,11-28H2,1H3,(H,36,38). The lowest BCUT2D eigenvalue weighted by Crippen LogP contribution is -2.27. The molecule has 0 heterocycles. The Bertz CT molecular complexity index is 1100. The van der Waals surface area contributed by atoms with Gasteiger partial charge in [-0.15, -0.1) is 0 Å². The molecule has 2 aromatic carbocycles. The summed E-state index contributed by atoms with van der Waals surface area (Å²) in [5.74, 6) is -0.363. The fraction of sp³-hybridized carbons (Fsp3) is 0.600. The summed E-state index contributed by atoms with van der Waals surface area (Å²) in [5.41, 5.74) is 4.80. The van der Waals surface area contributed by atoms with Crippen LogP contribution in [0.4, 0.5) is 4.79 Å². The molecule has 3 rings (SSSR count). The molecule has 0 bridgehead atoms. The van der Waals surface area contributed by atoms with E-state index in [1.54, 1.807) is 0 Å². The van der Waals surface area contributed by atoms with Gasteiger partial charge in [0.25, 0.3) is 0 Å². The van der Waals surface area contributed by atoms with Gasteiger partial charge in [0.2, 0.25) is 0 Å². The Morgan fingerprint density at radius 1 is 0.562 bits per heavy atom. The van der Waals surface area contributed by atoms with Crippen molar-refractivity contribution in [2.45, 2.75) is 12.3 Å². The van der Waals surface area contributed by atoms with Gasteiger partial charge in [-0.2, -0.15) is 0 Å². The fourth-order valence-electron chi connectivity index (χ4n) is 4.77. The van der Waals surface area contributed by atoms with Crippen LogP contribution in [-0.2, 0) is 52.2 Å². The summed E-state index contributed by atoms with van der Waals surface area (Å²) in [4.78, 5) is 23.1. The van der Waals surface area contributed by atoms with Crippen LogP contribution in [0.3, 0.4) is 0 Å². The lowest BCUT2D eigenvalue weighted by atomic mass is 9.98. The highest BCUT2D eigenvalue weighted by atomic mass is 16.6. The predicted octanol–water partition coefficient (Wildman–Crippen LogP) is 3.22. The SMILES string of the molecule is COC(=O)COCCOCCOCCOCCOCCOCCOCCOCCCNC(=O)OCC1c2ccccc2-c2ccccc21. The third-order valence-corrected chi connectivity index (χ3v) is 7.13. The van der Waals surface area contributed by atoms with Crippen LogP contribution in [0, 0.1) is 0 Å². The molecular weight excluding hydrogens is 626 g/mol. The Kier molecular flexibility index (Phi) is 21.1. The van der Waals surface area contributed by atoms with Gasteiger partial charge in [-0.05, 0) is 28.7 Å². The first kappa shape index (κ1) is 39.3. The molecule has 268 valence electrons. The molecule has 0 atom stereocenters. The van der Waals surface area contributed by atoms with E-state index >= 15 is 0 Å². The average molecular weight is 678 g/mol. The van der Waals surface area contributed by atoms with E-state index in [-0.39, 0.29) is 12.5 Å². The lowest BCUT2D eigenvalue weighted by Gasteiger charge is -2.14. The fourth-order valence-corrected chi connectivity index (χ4v) is 4.77. The molecule has 1 aliphatic rings. The van der Waals surface area contributed by atoms with Crippen molar-refractivity contribution < 1.29 is 57.0 Å². The molecule has 13 heteroatoms. The number of methoxy groups -OCH3 is 1. The number of benzene rings is 2. The highest BCUT2D eigenvalue weighted by Gasteiger charge is 2.28. The zero-order valence-electron chi connectivity index (χ0n) is 28.0. The zero-order valence-corrected chi connectivity index (χ0v) is 28.0. The van der Waals surface area contributed by atoms with Gasteiger partial charge < -0.3 is 52.7 Å². The van der Waals surface area contributed by atoms with Crippen molar-refractivity contribution in [1.82, 2.24) is 5.32 Å². The number of amides is 1. The van der Waals surface area contributed by atoms with E-state index in [1.807, 2.05) is 24.3 Å². The molecule has 48 heavy (non-hydrogen) atoms. The minimum absolute atomic E-state index is 0.0482. The largest absolute Gasteiger partial charge is 0.467 e. The van der Waals surface area contributed by atoms with Crippen LogP contribution in [0.1, 0.15) is 23.5 Å². The summed E-state index contributed by atoms with van der Waals surface area (Å²) in [7, 11) is 1.31. The summed E-state index contributed by atoms with van der Waals surface area (Å²) < 4.78 is 53.3. The predicted molar refractivity (Wildman–Crippen MR) is 176 cm³/mol. The summed E-state index contributed by atoms with van der Waals surface area (Å²) >= 11 is 0. The van der Waals surface area contributed by atoms with Gasteiger partial charge in [0.15, 0.2) is 0 Å². The van der Waals surface area contributed by atoms with E-state index in [2.05, 4.69) is 34.3 Å². The van der Waals surface area contributed by atoms with Crippen molar-refractivity contribution in [3.05, 3.63) is 59.7 Å². The van der Waals surface area contributed by atoms with Crippen LogP contribution in [0.15, 0.2) is 48.5 Å². The quantitative estimate of drug-likeness (QED) is 0.1000. The molecule has 1 N–H and O–H groups in total. The molecule has 0 saturated carbocycles. The number of rotatable bonds is 29. The smallest absolute Gasteiger partial charge is 0.407 e. The number of fused-ring (bicyclic) bond motifs is 3. The molecule has 2 aromatic rings. The molecular formula is C35H51NO12. The van der Waals surface area contributed by atoms with Crippen molar-refractivity contribution in [3.8, 4) is 11.1 Å². The van der Waals surface area contributed by atoms with Gasteiger partial charge in [0, 0.05) is 19.1 Å². The van der Waals surface area contributed by atoms with Gasteiger partial charge in [0.05, 0.1) is 99.6 Å². The summed E-state index contributed by atoms with van der Waals surface area (Å²) in [5, 5.41) is 2.80. The molecule has 13 nitrogen and oxygen atoms in total. The van der Waals surface area contributed by atoms with Crippen LogP contribution >= 0.6 is 0 Å². The van der Waals surface area contributed by atoms with Crippen LogP contribution in [-0.4, -0.2) is 138 Å². The van der Waals surface area contributed by atoms with E-state index in [4.69, 9.17) is 42.6 Å². The third kappa shape index (κ3) is 16.3. The Labute approximate surface area is 283 Å². The highest BCUT2D eigenvalue weighted by Crippen LogP contribution is 2.44. The first-order chi connectivity index (χ1) is 23.7. The van der Waals surface area contributed by atoms with Crippen LogP contribution in [0.5, 0.6) is 0 Å². The monoisotopic (exact) mass is 677 g/mol. The molecule has 1 amide bonds. The van der Waals surface area contributed by atoms with Crippen LogP contribution in [0.2, 0.25) is 0 Å². The van der Waals surface area contributed by atoms with Crippen molar-refractivity contribution in [2.75, 3.05) is 126 Å². The maximum absolute atomic E-state index is 12.2. The van der Waals surface area contributed by atoms with Gasteiger partial charge >= 0.3 is 12.1 Å². The van der Waals surface area contributed by atoms with Gasteiger partial charge in [-0.25, -0.2) is 9.59 Å². The molecule has 1 aliphatic carbocycles. The Morgan fingerprint density at radius 2 is 0.958 bits per heavy atom. The number of hydrogen-bond donors (Lipinski definition) is 1. The molecule has 0 unspecified atom stereocenters. The minimum Gasteiger partial charge on any atom is -0.467 e. The molecule has 0 spiro atoms. The molecule has 0 aromatic heterocycles. The summed E-state index contributed by atoms with van der Waals surface area (Å²) in [6.45, 7) is 7.59. The van der Waals surface area contributed by atoms with Crippen LogP contribution in [0.25, 0.3) is 11.1 Å². The topological polar surface area (TPSA) is 138 Å². The summed E-state index contributed by atoms with van der Waals surface area (Å²) in [6, 6.07) is 16.5. The number of ether oxygens (including phenoxy) is 10. The number of hydrogen-bond acceptors (Lipinski definition) is 12. The first-order valence-corrected chi connectivity index (χ1v) is 16.5. The van der Waals surface area contributed by atoms with Crippen molar-refractivity contribution >= 4 is 12.1 Å². The summed E-state index contributed by atoms with van der Waals surface area (Å²) in [6.07, 6.45) is 0.263. The van der Waals surface area contributed by atoms with E-state index in [0.29, 0.717) is 119 Å². The second-order valence-electron chi connectivity index (χ2n) is 10.5. The Morgan fingerprint density at radius 3 is 1.40 bits per heavy atom. The number of carbonyl (C=O) groups excluding carboxylic acids is 2. The Balaban J connectivity index is 0.992. The van der Waals surface area contributed by atoms with E-state index in [0.717, 1.165) is 0 Å². The Hall–Kier alpha value is -3.14. The van der Waals surface area contributed by atoms with Gasteiger partial charge in [-0.3, -0.25) is 0 Å². The minimum atomic E-state index is -0.418. The van der Waals surface area contributed by atoms with Crippen molar-refractivity contribution in [3.63, 3.8) is 0 Å². The maximum Gasteiger partial charge on any atom is 0.407 e. The van der Waals surface area contributed by atoms with Crippen molar-refractivity contribution in [1.29, 1.82) is 0 Å². The highest BCUT2D eigenvalue weighted by molar-refractivity contribution is 5.79. The molecule has 0 aliphatic heterocycles. The van der Waals surface area contributed by atoms with Crippen molar-refractivity contribution in [2.24, 2.45) is 0 Å². The van der Waals surface area contributed by atoms with Gasteiger partial charge in [-0.1, -0.05) is 48.5 Å². The second kappa shape index (κ2) is 25.8. The maximum atomic E-state index is 12.2. The molecule has 0 fully saturated rings. The van der Waals surface area contributed by atoms with E-state index in [9.17, 15) is 9.59 Å². The average Bonchev–Trinajstić information content (AvgIpc) is 3.43. The zero-order chi connectivity index (χ0) is 33.9. The first-order valence-electron chi connectivity index (χ1n) is 16.5. The van der Waals surface area contributed by atoms with Crippen LogP contribution < -0.4 is 5.32 Å². The van der Waals surface area contributed by atoms with E-state index in [1.165, 1.54) is 29.4 Å². The van der Waals surface area contributed by atoms with Gasteiger partial charge in [0.1, 0.15) is 13.2 Å². The normalized spacial score (nSPS) is 12.1. The number of esters is 1. The third-order valence-electron chi connectivity index (χ3n) is 7.13. The number of carbonyl (C=O) groups is 2. The number of alkyl carbamates (subject to hydrolysis) is 1. The second-order valence-corrected chi connectivity index (χ2v) is 10.5. The number of nitrogens with one attached hydrogen (secondary N) is 1. The molecule has 0 saturated heterocycles.